The number of nitrogens with zero attached hydrogens (tertiary/aromatic N) is 2. The molecule has 0 radical (unpaired) electrons. The lowest BCUT2D eigenvalue weighted by molar-refractivity contribution is -0.140. The normalized spacial score (nSPS) is 18.1. The third-order valence-corrected chi connectivity index (χ3v) is 5.62. The topological polar surface area (TPSA) is 70.1 Å². The lowest BCUT2D eigenvalue weighted by Crippen LogP contribution is -2.35. The Morgan fingerprint density at radius 1 is 1.16 bits per heavy atom. The number of aliphatic hydroxyl groups excluding tert-OH is 1. The van der Waals surface area contributed by atoms with Gasteiger partial charge in [-0.25, -0.2) is 0 Å². The number of amides is 1. The average molecular weight is 487 g/mol. The highest BCUT2D eigenvalue weighted by atomic mass is 79.9. The van der Waals surface area contributed by atoms with Gasteiger partial charge in [0.2, 0.25) is 0 Å². The van der Waals surface area contributed by atoms with E-state index in [2.05, 4.69) is 15.9 Å². The van der Waals surface area contributed by atoms with Gasteiger partial charge >= 0.3 is 0 Å². The van der Waals surface area contributed by atoms with Crippen LogP contribution in [0.1, 0.15) is 30.5 Å². The maximum atomic E-state index is 13.0. The summed E-state index contributed by atoms with van der Waals surface area (Å²) in [6.07, 6.45) is 0.870. The fourth-order valence-electron chi connectivity index (χ4n) is 3.52. The van der Waals surface area contributed by atoms with Crippen molar-refractivity contribution in [1.29, 1.82) is 0 Å². The standard InChI is InChI=1S/C24H27BrN2O4/c1-4-14-31-19-7-5-6-17(15-19)21-20(22(28)16-8-10-18(25)11-9-16)23(29)24(30)27(21)13-12-26(2)3/h5-11,15,21,28H,4,12-14H2,1-3H3/b22-20-. The fraction of sp³-hybridized carbons (Fsp3) is 0.333. The Kier molecular flexibility index (Phi) is 7.51. The predicted octanol–water partition coefficient (Wildman–Crippen LogP) is 4.22. The van der Waals surface area contributed by atoms with E-state index in [1.807, 2.05) is 50.2 Å². The van der Waals surface area contributed by atoms with Crippen molar-refractivity contribution in [2.45, 2.75) is 19.4 Å². The summed E-state index contributed by atoms with van der Waals surface area (Å²) in [4.78, 5) is 29.4. The molecule has 1 fully saturated rings. The lowest BCUT2D eigenvalue weighted by Gasteiger charge is -2.27. The second-order valence-corrected chi connectivity index (χ2v) is 8.64. The molecule has 0 aliphatic carbocycles. The van der Waals surface area contributed by atoms with Gasteiger partial charge < -0.3 is 19.6 Å². The number of carbonyl (C=O) groups is 2. The van der Waals surface area contributed by atoms with Crippen molar-refractivity contribution >= 4 is 33.4 Å². The molecule has 0 aromatic heterocycles. The van der Waals surface area contributed by atoms with E-state index in [1.165, 1.54) is 4.90 Å². The number of likely N-dealkylation sites (N-methyl/N-ethyl adjacent to an activating group) is 1. The molecule has 1 aliphatic heterocycles. The SMILES string of the molecule is CCCOc1cccc(C2/C(=C(/O)c3ccc(Br)cc3)C(=O)C(=O)N2CCN(C)C)c1. The zero-order valence-corrected chi connectivity index (χ0v) is 19.6. The lowest BCUT2D eigenvalue weighted by atomic mass is 9.95. The molecular formula is C24H27BrN2O4. The Balaban J connectivity index is 2.11. The van der Waals surface area contributed by atoms with Crippen LogP contribution in [0.3, 0.4) is 0 Å². The second kappa shape index (κ2) is 10.1. The van der Waals surface area contributed by atoms with Crippen molar-refractivity contribution in [3.63, 3.8) is 0 Å². The third kappa shape index (κ3) is 5.17. The van der Waals surface area contributed by atoms with Crippen molar-refractivity contribution in [2.75, 3.05) is 33.8 Å². The Bertz CT molecular complexity index is 985. The molecule has 1 heterocycles. The van der Waals surface area contributed by atoms with Gasteiger partial charge in [-0.3, -0.25) is 9.59 Å². The number of hydrogen-bond acceptors (Lipinski definition) is 5. The maximum absolute atomic E-state index is 13.0. The highest BCUT2D eigenvalue weighted by Crippen LogP contribution is 2.40. The highest BCUT2D eigenvalue weighted by Gasteiger charge is 2.46. The van der Waals surface area contributed by atoms with E-state index in [0.29, 0.717) is 31.0 Å². The average Bonchev–Trinajstić information content (AvgIpc) is 3.01. The van der Waals surface area contributed by atoms with E-state index in [-0.39, 0.29) is 11.3 Å². The summed E-state index contributed by atoms with van der Waals surface area (Å²) in [7, 11) is 3.82. The van der Waals surface area contributed by atoms with Gasteiger partial charge in [-0.1, -0.05) is 47.1 Å². The summed E-state index contributed by atoms with van der Waals surface area (Å²) in [6, 6.07) is 13.7. The number of halogens is 1. The van der Waals surface area contributed by atoms with E-state index in [1.54, 1.807) is 24.3 Å². The number of ether oxygens (including phenoxy) is 1. The maximum Gasteiger partial charge on any atom is 0.295 e. The molecular weight excluding hydrogens is 460 g/mol. The molecule has 6 nitrogen and oxygen atoms in total. The zero-order valence-electron chi connectivity index (χ0n) is 18.0. The number of rotatable bonds is 8. The van der Waals surface area contributed by atoms with E-state index >= 15 is 0 Å². The molecule has 1 N–H and O–H groups in total. The molecule has 1 amide bonds. The molecule has 0 bridgehead atoms. The van der Waals surface area contributed by atoms with E-state index in [4.69, 9.17) is 4.74 Å². The highest BCUT2D eigenvalue weighted by molar-refractivity contribution is 9.10. The van der Waals surface area contributed by atoms with Crippen LogP contribution in [0.15, 0.2) is 58.6 Å². The largest absolute Gasteiger partial charge is 0.507 e. The van der Waals surface area contributed by atoms with Gasteiger partial charge in [-0.2, -0.15) is 0 Å². The first-order valence-electron chi connectivity index (χ1n) is 10.2. The van der Waals surface area contributed by atoms with Gasteiger partial charge in [0.15, 0.2) is 0 Å². The molecule has 7 heteroatoms. The molecule has 3 rings (SSSR count). The predicted molar refractivity (Wildman–Crippen MR) is 124 cm³/mol. The number of Topliss-reactive ketones (excluding diaryl/α,β-unsaturated/α-hetero) is 1. The molecule has 31 heavy (non-hydrogen) atoms. The van der Waals surface area contributed by atoms with Crippen molar-refractivity contribution < 1.29 is 19.4 Å². The number of ketones is 1. The molecule has 164 valence electrons. The summed E-state index contributed by atoms with van der Waals surface area (Å²) in [5.41, 5.74) is 1.31. The number of hydrogen-bond donors (Lipinski definition) is 1. The van der Waals surface area contributed by atoms with Gasteiger partial charge in [-0.15, -0.1) is 0 Å². The van der Waals surface area contributed by atoms with Crippen LogP contribution < -0.4 is 4.74 Å². The third-order valence-electron chi connectivity index (χ3n) is 5.09. The van der Waals surface area contributed by atoms with Gasteiger partial charge in [0, 0.05) is 23.1 Å². The Morgan fingerprint density at radius 2 is 1.87 bits per heavy atom. The van der Waals surface area contributed by atoms with E-state index in [0.717, 1.165) is 16.5 Å². The first-order chi connectivity index (χ1) is 14.8. The van der Waals surface area contributed by atoms with Crippen LogP contribution >= 0.6 is 15.9 Å². The van der Waals surface area contributed by atoms with Crippen molar-refractivity contribution in [3.05, 3.63) is 69.7 Å². The number of aliphatic hydroxyl groups is 1. The molecule has 2 aromatic carbocycles. The van der Waals surface area contributed by atoms with E-state index < -0.39 is 17.7 Å². The van der Waals surface area contributed by atoms with Crippen LogP contribution in [0.4, 0.5) is 0 Å². The van der Waals surface area contributed by atoms with Crippen LogP contribution in [-0.4, -0.2) is 60.4 Å². The molecule has 0 spiro atoms. The van der Waals surface area contributed by atoms with Crippen molar-refractivity contribution in [3.8, 4) is 5.75 Å². The summed E-state index contributed by atoms with van der Waals surface area (Å²) in [5.74, 6) is -0.793. The molecule has 2 aromatic rings. The van der Waals surface area contributed by atoms with Crippen molar-refractivity contribution in [2.24, 2.45) is 0 Å². The molecule has 1 aliphatic rings. The van der Waals surface area contributed by atoms with Gasteiger partial charge in [0.25, 0.3) is 11.7 Å². The number of benzene rings is 2. The minimum atomic E-state index is -0.686. The van der Waals surface area contributed by atoms with Gasteiger partial charge in [0.1, 0.15) is 11.5 Å². The Labute approximate surface area is 191 Å². The summed E-state index contributed by atoms with van der Waals surface area (Å²) in [6.45, 7) is 3.55. The van der Waals surface area contributed by atoms with Crippen LogP contribution in [0.5, 0.6) is 5.75 Å². The van der Waals surface area contributed by atoms with Crippen LogP contribution in [0.25, 0.3) is 5.76 Å². The Hall–Kier alpha value is -2.64. The van der Waals surface area contributed by atoms with Crippen LogP contribution in [0.2, 0.25) is 0 Å². The molecule has 0 saturated carbocycles. The van der Waals surface area contributed by atoms with Gasteiger partial charge in [0.05, 0.1) is 18.2 Å². The van der Waals surface area contributed by atoms with Gasteiger partial charge in [-0.05, 0) is 50.3 Å². The van der Waals surface area contributed by atoms with Crippen LogP contribution in [0, 0.1) is 0 Å². The number of carbonyl (C=O) groups excluding carboxylic acids is 2. The summed E-state index contributed by atoms with van der Waals surface area (Å²) in [5, 5.41) is 11.1. The second-order valence-electron chi connectivity index (χ2n) is 7.72. The first kappa shape index (κ1) is 23.0. The summed E-state index contributed by atoms with van der Waals surface area (Å²) >= 11 is 3.37. The van der Waals surface area contributed by atoms with E-state index in [9.17, 15) is 14.7 Å². The van der Waals surface area contributed by atoms with Crippen molar-refractivity contribution in [1.82, 2.24) is 9.80 Å². The zero-order chi connectivity index (χ0) is 22.5. The fourth-order valence-corrected chi connectivity index (χ4v) is 3.79. The summed E-state index contributed by atoms with van der Waals surface area (Å²) < 4.78 is 6.61. The Morgan fingerprint density at radius 3 is 2.52 bits per heavy atom. The minimum absolute atomic E-state index is 0.0960. The number of likely N-dealkylation sites (tertiary alicyclic amines) is 1. The monoisotopic (exact) mass is 486 g/mol. The first-order valence-corrected chi connectivity index (χ1v) is 11.0. The smallest absolute Gasteiger partial charge is 0.295 e. The molecule has 1 atom stereocenters. The van der Waals surface area contributed by atoms with Crippen LogP contribution in [-0.2, 0) is 9.59 Å². The minimum Gasteiger partial charge on any atom is -0.507 e. The molecule has 1 saturated heterocycles. The quantitative estimate of drug-likeness (QED) is 0.343. The molecule has 1 unspecified atom stereocenters.